The molecule has 4 heteroatoms. The summed E-state index contributed by atoms with van der Waals surface area (Å²) in [6, 6.07) is 0.761. The molecule has 0 radical (unpaired) electrons. The Hall–Kier alpha value is -0.450. The molecule has 2 unspecified atom stereocenters. The minimum Gasteiger partial charge on any atom is -0.371 e. The molecule has 106 valence electrons. The Morgan fingerprint density at radius 1 is 1.47 bits per heavy atom. The normalized spacial score (nSPS) is 31.6. The van der Waals surface area contributed by atoms with Crippen molar-refractivity contribution >= 4 is 11.3 Å². The number of ether oxygens (including phenoxy) is 1. The Kier molecular flexibility index (Phi) is 3.92. The molecule has 0 saturated heterocycles. The summed E-state index contributed by atoms with van der Waals surface area (Å²) in [6.45, 7) is 3.30. The van der Waals surface area contributed by atoms with E-state index in [9.17, 15) is 0 Å². The van der Waals surface area contributed by atoms with Crippen LogP contribution in [0.15, 0.2) is 6.20 Å². The van der Waals surface area contributed by atoms with Crippen LogP contribution in [0.3, 0.4) is 0 Å². The predicted octanol–water partition coefficient (Wildman–Crippen LogP) is 3.45. The zero-order valence-corrected chi connectivity index (χ0v) is 12.8. The van der Waals surface area contributed by atoms with Gasteiger partial charge in [0.15, 0.2) is 0 Å². The molecule has 1 aromatic heterocycles. The highest BCUT2D eigenvalue weighted by Gasteiger charge is 2.39. The van der Waals surface area contributed by atoms with Gasteiger partial charge in [-0.05, 0) is 38.0 Å². The van der Waals surface area contributed by atoms with Crippen LogP contribution >= 0.6 is 11.3 Å². The molecule has 2 atom stereocenters. The van der Waals surface area contributed by atoms with E-state index >= 15 is 0 Å². The fourth-order valence-electron chi connectivity index (χ4n) is 3.10. The molecule has 2 fully saturated rings. The first kappa shape index (κ1) is 13.5. The first-order valence-electron chi connectivity index (χ1n) is 7.45. The molecule has 1 N–H and O–H groups in total. The van der Waals surface area contributed by atoms with E-state index < -0.39 is 0 Å². The second-order valence-corrected chi connectivity index (χ2v) is 7.30. The summed E-state index contributed by atoms with van der Waals surface area (Å²) in [7, 11) is 1.85. The van der Waals surface area contributed by atoms with Crippen LogP contribution in [0.1, 0.15) is 55.3 Å². The molecule has 0 amide bonds. The molecule has 1 aromatic rings. The minimum atomic E-state index is -0.111. The van der Waals surface area contributed by atoms with Gasteiger partial charge in [0.1, 0.15) is 10.6 Å². The third-order valence-corrected chi connectivity index (χ3v) is 5.61. The van der Waals surface area contributed by atoms with E-state index in [2.05, 4.69) is 17.2 Å². The highest BCUT2D eigenvalue weighted by molar-refractivity contribution is 7.11. The summed E-state index contributed by atoms with van der Waals surface area (Å²) < 4.78 is 5.91. The molecule has 0 spiro atoms. The number of nitrogens with zero attached hydrogens (tertiary/aromatic N) is 1. The number of methoxy groups -OCH3 is 1. The van der Waals surface area contributed by atoms with Gasteiger partial charge >= 0.3 is 0 Å². The molecule has 2 saturated carbocycles. The second-order valence-electron chi connectivity index (χ2n) is 6.19. The highest BCUT2D eigenvalue weighted by atomic mass is 32.1. The van der Waals surface area contributed by atoms with E-state index in [0.29, 0.717) is 0 Å². The lowest BCUT2D eigenvalue weighted by Gasteiger charge is -2.37. The van der Waals surface area contributed by atoms with Crippen molar-refractivity contribution in [2.45, 2.75) is 63.6 Å². The zero-order valence-electron chi connectivity index (χ0n) is 11.9. The second kappa shape index (κ2) is 5.51. The molecule has 3 nitrogen and oxygen atoms in total. The first-order chi connectivity index (χ1) is 9.22. The zero-order chi connectivity index (χ0) is 13.3. The summed E-state index contributed by atoms with van der Waals surface area (Å²) in [5.41, 5.74) is -0.111. The number of hydrogen-bond donors (Lipinski definition) is 1. The van der Waals surface area contributed by atoms with Gasteiger partial charge in [-0.1, -0.05) is 13.3 Å². The van der Waals surface area contributed by atoms with Gasteiger partial charge in [0.05, 0.1) is 0 Å². The molecule has 19 heavy (non-hydrogen) atoms. The van der Waals surface area contributed by atoms with Gasteiger partial charge in [0.2, 0.25) is 0 Å². The van der Waals surface area contributed by atoms with Crippen LogP contribution in [-0.2, 0) is 16.9 Å². The van der Waals surface area contributed by atoms with Gasteiger partial charge in [-0.25, -0.2) is 4.98 Å². The first-order valence-corrected chi connectivity index (χ1v) is 8.27. The maximum absolute atomic E-state index is 5.91. The maximum atomic E-state index is 5.91. The molecule has 0 aliphatic heterocycles. The summed E-state index contributed by atoms with van der Waals surface area (Å²) in [6.07, 6.45) is 9.53. The predicted molar refractivity (Wildman–Crippen MR) is 78.3 cm³/mol. The molecular weight excluding hydrogens is 256 g/mol. The largest absolute Gasteiger partial charge is 0.371 e. The molecule has 2 aliphatic rings. The van der Waals surface area contributed by atoms with Crippen LogP contribution in [0.25, 0.3) is 0 Å². The lowest BCUT2D eigenvalue weighted by Crippen LogP contribution is -2.34. The highest BCUT2D eigenvalue weighted by Crippen LogP contribution is 2.43. The summed E-state index contributed by atoms with van der Waals surface area (Å²) in [5.74, 6) is 0.741. The standard InChI is InChI=1S/C15H24N2OS/c1-11-4-3-7-15(8-11,18-2)14-17-10-13(19-14)9-16-12-5-6-12/h10-12,16H,3-9H2,1-2H3. The topological polar surface area (TPSA) is 34.1 Å². The van der Waals surface area contributed by atoms with Crippen molar-refractivity contribution in [3.05, 3.63) is 16.1 Å². The Labute approximate surface area is 119 Å². The van der Waals surface area contributed by atoms with Crippen LogP contribution in [-0.4, -0.2) is 18.1 Å². The lowest BCUT2D eigenvalue weighted by molar-refractivity contribution is -0.0580. The molecule has 1 heterocycles. The van der Waals surface area contributed by atoms with Crippen LogP contribution in [0.4, 0.5) is 0 Å². The van der Waals surface area contributed by atoms with Crippen molar-refractivity contribution in [2.75, 3.05) is 7.11 Å². The average Bonchev–Trinajstić information content (AvgIpc) is 3.13. The number of thiazole rings is 1. The number of rotatable bonds is 5. The van der Waals surface area contributed by atoms with E-state index in [-0.39, 0.29) is 5.60 Å². The van der Waals surface area contributed by atoms with Crippen LogP contribution in [0, 0.1) is 5.92 Å². The number of hydrogen-bond acceptors (Lipinski definition) is 4. The fraction of sp³-hybridized carbons (Fsp3) is 0.800. The van der Waals surface area contributed by atoms with Crippen molar-refractivity contribution in [3.8, 4) is 0 Å². The fourth-order valence-corrected chi connectivity index (χ4v) is 4.17. The van der Waals surface area contributed by atoms with Crippen molar-refractivity contribution in [2.24, 2.45) is 5.92 Å². The smallest absolute Gasteiger partial charge is 0.125 e. The lowest BCUT2D eigenvalue weighted by atomic mass is 9.79. The Morgan fingerprint density at radius 3 is 3.00 bits per heavy atom. The van der Waals surface area contributed by atoms with Crippen LogP contribution < -0.4 is 5.32 Å². The Morgan fingerprint density at radius 2 is 2.32 bits per heavy atom. The molecule has 0 aromatic carbocycles. The average molecular weight is 280 g/mol. The van der Waals surface area contributed by atoms with Crippen molar-refractivity contribution in [3.63, 3.8) is 0 Å². The van der Waals surface area contributed by atoms with E-state index in [1.54, 1.807) is 0 Å². The van der Waals surface area contributed by atoms with Crippen LogP contribution in [0.5, 0.6) is 0 Å². The Balaban J connectivity index is 1.71. The van der Waals surface area contributed by atoms with E-state index in [4.69, 9.17) is 4.74 Å². The molecule has 0 bridgehead atoms. The maximum Gasteiger partial charge on any atom is 0.125 e. The van der Waals surface area contributed by atoms with Gasteiger partial charge in [0.25, 0.3) is 0 Å². The summed E-state index contributed by atoms with van der Waals surface area (Å²) in [5, 5.41) is 4.75. The van der Waals surface area contributed by atoms with Gasteiger partial charge in [0, 0.05) is 30.8 Å². The third-order valence-electron chi connectivity index (χ3n) is 4.43. The van der Waals surface area contributed by atoms with E-state index in [1.807, 2.05) is 24.6 Å². The summed E-state index contributed by atoms with van der Waals surface area (Å²) in [4.78, 5) is 6.01. The number of nitrogens with one attached hydrogen (secondary N) is 1. The van der Waals surface area contributed by atoms with Crippen molar-refractivity contribution in [1.29, 1.82) is 0 Å². The number of aromatic nitrogens is 1. The quantitative estimate of drug-likeness (QED) is 0.897. The van der Waals surface area contributed by atoms with Crippen molar-refractivity contribution in [1.82, 2.24) is 10.3 Å². The molecule has 2 aliphatic carbocycles. The minimum absolute atomic E-state index is 0.111. The monoisotopic (exact) mass is 280 g/mol. The van der Waals surface area contributed by atoms with E-state index in [0.717, 1.165) is 31.3 Å². The van der Waals surface area contributed by atoms with Crippen molar-refractivity contribution < 1.29 is 4.74 Å². The van der Waals surface area contributed by atoms with Gasteiger partial charge in [-0.3, -0.25) is 0 Å². The van der Waals surface area contributed by atoms with Crippen LogP contribution in [0.2, 0.25) is 0 Å². The van der Waals surface area contributed by atoms with Gasteiger partial charge in [-0.15, -0.1) is 11.3 Å². The third kappa shape index (κ3) is 3.01. The molecular formula is C15H24N2OS. The van der Waals surface area contributed by atoms with E-state index in [1.165, 1.54) is 35.6 Å². The van der Waals surface area contributed by atoms with Gasteiger partial charge in [-0.2, -0.15) is 0 Å². The van der Waals surface area contributed by atoms with Gasteiger partial charge < -0.3 is 10.1 Å². The SMILES string of the molecule is COC1(c2ncc(CNC3CC3)s2)CCCC(C)C1. The molecule has 3 rings (SSSR count). The Bertz CT molecular complexity index is 430. The summed E-state index contributed by atoms with van der Waals surface area (Å²) >= 11 is 1.84.